The standard InChI is InChI=1S/C20H21N3O2/c21-11-8-19(24)23-12-9-15(10-13-23)14-22-20(25)18-7-3-5-16-4-1-2-6-17(16)18/h1-7,15H,8-10,12-14H2,(H,22,25). The quantitative estimate of drug-likeness (QED) is 0.933. The fraction of sp³-hybridized carbons (Fsp3) is 0.350. The number of nitriles is 1. The van der Waals surface area contributed by atoms with Crippen molar-refractivity contribution in [2.24, 2.45) is 5.92 Å². The van der Waals surface area contributed by atoms with Gasteiger partial charge in [-0.15, -0.1) is 0 Å². The summed E-state index contributed by atoms with van der Waals surface area (Å²) in [5.41, 5.74) is 0.694. The van der Waals surface area contributed by atoms with Crippen molar-refractivity contribution in [3.8, 4) is 6.07 Å². The van der Waals surface area contributed by atoms with Crippen LogP contribution in [0.15, 0.2) is 42.5 Å². The molecule has 128 valence electrons. The maximum absolute atomic E-state index is 12.5. The number of rotatable bonds is 4. The average Bonchev–Trinajstić information content (AvgIpc) is 2.66. The molecule has 2 aromatic carbocycles. The first-order valence-electron chi connectivity index (χ1n) is 8.59. The van der Waals surface area contributed by atoms with Gasteiger partial charge in [-0.25, -0.2) is 0 Å². The Kier molecular flexibility index (Phi) is 5.30. The van der Waals surface area contributed by atoms with Crippen molar-refractivity contribution in [1.82, 2.24) is 10.2 Å². The van der Waals surface area contributed by atoms with E-state index in [0.717, 1.165) is 23.6 Å². The summed E-state index contributed by atoms with van der Waals surface area (Å²) in [6, 6.07) is 15.5. The summed E-state index contributed by atoms with van der Waals surface area (Å²) in [7, 11) is 0. The molecule has 0 aromatic heterocycles. The van der Waals surface area contributed by atoms with Crippen LogP contribution < -0.4 is 5.32 Å². The number of fused-ring (bicyclic) bond motifs is 1. The van der Waals surface area contributed by atoms with Gasteiger partial charge in [0.2, 0.25) is 5.91 Å². The topological polar surface area (TPSA) is 73.2 Å². The fourth-order valence-electron chi connectivity index (χ4n) is 3.32. The number of piperidine rings is 1. The van der Waals surface area contributed by atoms with Crippen LogP contribution in [0.5, 0.6) is 0 Å². The molecule has 3 rings (SSSR count). The van der Waals surface area contributed by atoms with Crippen LogP contribution in [0.2, 0.25) is 0 Å². The summed E-state index contributed by atoms with van der Waals surface area (Å²) in [5.74, 6) is 0.214. The lowest BCUT2D eigenvalue weighted by molar-refractivity contribution is -0.131. The van der Waals surface area contributed by atoms with Crippen molar-refractivity contribution in [2.75, 3.05) is 19.6 Å². The summed E-state index contributed by atoms with van der Waals surface area (Å²) in [6.45, 7) is 1.94. The van der Waals surface area contributed by atoms with Gasteiger partial charge in [0.25, 0.3) is 5.91 Å². The van der Waals surface area contributed by atoms with Gasteiger partial charge in [-0.05, 0) is 35.6 Å². The molecule has 2 aromatic rings. The van der Waals surface area contributed by atoms with Crippen molar-refractivity contribution in [3.05, 3.63) is 48.0 Å². The largest absolute Gasteiger partial charge is 0.352 e. The smallest absolute Gasteiger partial charge is 0.251 e. The van der Waals surface area contributed by atoms with Crippen LogP contribution in [0.3, 0.4) is 0 Å². The Morgan fingerprint density at radius 1 is 1.12 bits per heavy atom. The molecule has 1 saturated heterocycles. The third kappa shape index (κ3) is 3.97. The van der Waals surface area contributed by atoms with Crippen LogP contribution in [0.4, 0.5) is 0 Å². The van der Waals surface area contributed by atoms with Crippen LogP contribution in [0.1, 0.15) is 29.6 Å². The van der Waals surface area contributed by atoms with E-state index in [4.69, 9.17) is 5.26 Å². The number of benzene rings is 2. The Labute approximate surface area is 147 Å². The van der Waals surface area contributed by atoms with E-state index in [1.807, 2.05) is 48.5 Å². The van der Waals surface area contributed by atoms with E-state index in [9.17, 15) is 9.59 Å². The summed E-state index contributed by atoms with van der Waals surface area (Å²) >= 11 is 0. The lowest BCUT2D eigenvalue weighted by atomic mass is 9.96. The third-order valence-electron chi connectivity index (χ3n) is 4.78. The van der Waals surface area contributed by atoms with E-state index in [1.165, 1.54) is 0 Å². The van der Waals surface area contributed by atoms with Gasteiger partial charge >= 0.3 is 0 Å². The molecule has 0 saturated carbocycles. The molecule has 0 atom stereocenters. The zero-order chi connectivity index (χ0) is 17.6. The van der Waals surface area contributed by atoms with Crippen molar-refractivity contribution in [3.63, 3.8) is 0 Å². The SMILES string of the molecule is N#CCC(=O)N1CCC(CNC(=O)c2cccc3ccccc23)CC1. The highest BCUT2D eigenvalue weighted by atomic mass is 16.2. The van der Waals surface area contributed by atoms with Gasteiger partial charge in [-0.2, -0.15) is 5.26 Å². The number of hydrogen-bond acceptors (Lipinski definition) is 3. The second-order valence-corrected chi connectivity index (χ2v) is 6.40. The van der Waals surface area contributed by atoms with Crippen molar-refractivity contribution in [2.45, 2.75) is 19.3 Å². The highest BCUT2D eigenvalue weighted by Crippen LogP contribution is 2.20. The number of carbonyl (C=O) groups is 2. The Bertz CT molecular complexity index is 812. The average molecular weight is 335 g/mol. The summed E-state index contributed by atoms with van der Waals surface area (Å²) in [6.07, 6.45) is 1.66. The molecule has 1 heterocycles. The number of hydrogen-bond donors (Lipinski definition) is 1. The first kappa shape index (κ1) is 17.0. The molecule has 0 bridgehead atoms. The Morgan fingerprint density at radius 3 is 2.60 bits per heavy atom. The zero-order valence-electron chi connectivity index (χ0n) is 14.1. The van der Waals surface area contributed by atoms with Crippen molar-refractivity contribution >= 4 is 22.6 Å². The molecule has 1 aliphatic heterocycles. The minimum atomic E-state index is -0.0965. The summed E-state index contributed by atoms with van der Waals surface area (Å²) in [4.78, 5) is 26.0. The molecule has 0 spiro atoms. The van der Waals surface area contributed by atoms with Gasteiger partial charge in [0.05, 0.1) is 6.07 Å². The molecule has 0 radical (unpaired) electrons. The molecule has 0 aliphatic carbocycles. The normalized spacial score (nSPS) is 14.9. The second kappa shape index (κ2) is 7.80. The van der Waals surface area contributed by atoms with E-state index >= 15 is 0 Å². The molecule has 0 unspecified atom stereocenters. The monoisotopic (exact) mass is 335 g/mol. The highest BCUT2D eigenvalue weighted by Gasteiger charge is 2.23. The van der Waals surface area contributed by atoms with Crippen LogP contribution in [-0.4, -0.2) is 36.3 Å². The van der Waals surface area contributed by atoms with Crippen LogP contribution in [0, 0.1) is 17.2 Å². The van der Waals surface area contributed by atoms with Crippen molar-refractivity contribution in [1.29, 1.82) is 5.26 Å². The summed E-state index contributed by atoms with van der Waals surface area (Å²) < 4.78 is 0. The first-order valence-corrected chi connectivity index (χ1v) is 8.59. The number of nitrogens with one attached hydrogen (secondary N) is 1. The molecular formula is C20H21N3O2. The highest BCUT2D eigenvalue weighted by molar-refractivity contribution is 6.06. The van der Waals surface area contributed by atoms with Crippen molar-refractivity contribution < 1.29 is 9.59 Å². The van der Waals surface area contributed by atoms with Crippen LogP contribution in [-0.2, 0) is 4.79 Å². The molecule has 1 N–H and O–H groups in total. The molecule has 1 aliphatic rings. The Balaban J connectivity index is 1.55. The summed E-state index contributed by atoms with van der Waals surface area (Å²) in [5, 5.41) is 13.7. The van der Waals surface area contributed by atoms with Gasteiger partial charge in [0, 0.05) is 25.2 Å². The lowest BCUT2D eigenvalue weighted by Gasteiger charge is -2.31. The van der Waals surface area contributed by atoms with E-state index in [-0.39, 0.29) is 18.2 Å². The predicted octanol–water partition coefficient (Wildman–Crippen LogP) is 2.72. The molecular weight excluding hydrogens is 314 g/mol. The van der Waals surface area contributed by atoms with Gasteiger partial charge in [-0.1, -0.05) is 36.4 Å². The minimum absolute atomic E-state index is 0.0531. The Morgan fingerprint density at radius 2 is 1.84 bits per heavy atom. The zero-order valence-corrected chi connectivity index (χ0v) is 14.1. The Hall–Kier alpha value is -2.87. The molecule has 25 heavy (non-hydrogen) atoms. The number of carbonyl (C=O) groups excluding carboxylic acids is 2. The number of nitrogens with zero attached hydrogens (tertiary/aromatic N) is 2. The minimum Gasteiger partial charge on any atom is -0.352 e. The van der Waals surface area contributed by atoms with E-state index in [0.29, 0.717) is 31.1 Å². The lowest BCUT2D eigenvalue weighted by Crippen LogP contribution is -2.41. The third-order valence-corrected chi connectivity index (χ3v) is 4.78. The molecule has 5 nitrogen and oxygen atoms in total. The fourth-order valence-corrected chi connectivity index (χ4v) is 3.32. The maximum Gasteiger partial charge on any atom is 0.251 e. The molecule has 1 fully saturated rings. The van der Waals surface area contributed by atoms with E-state index < -0.39 is 0 Å². The van der Waals surface area contributed by atoms with Crippen LogP contribution >= 0.6 is 0 Å². The molecule has 5 heteroatoms. The number of likely N-dealkylation sites (tertiary alicyclic amines) is 1. The number of amides is 2. The van der Waals surface area contributed by atoms with Gasteiger partial charge in [0.1, 0.15) is 6.42 Å². The van der Waals surface area contributed by atoms with E-state index in [2.05, 4.69) is 5.32 Å². The van der Waals surface area contributed by atoms with Gasteiger partial charge in [0.15, 0.2) is 0 Å². The van der Waals surface area contributed by atoms with Gasteiger partial charge in [-0.3, -0.25) is 9.59 Å². The van der Waals surface area contributed by atoms with E-state index in [1.54, 1.807) is 4.90 Å². The van der Waals surface area contributed by atoms with Crippen LogP contribution in [0.25, 0.3) is 10.8 Å². The second-order valence-electron chi connectivity index (χ2n) is 6.40. The maximum atomic E-state index is 12.5. The molecule has 2 amide bonds. The van der Waals surface area contributed by atoms with Gasteiger partial charge < -0.3 is 10.2 Å². The first-order chi connectivity index (χ1) is 12.2. The predicted molar refractivity (Wildman–Crippen MR) is 95.8 cm³/mol.